The van der Waals surface area contributed by atoms with Gasteiger partial charge in [-0.05, 0) is 12.1 Å². The number of halogens is 5. The van der Waals surface area contributed by atoms with Crippen LogP contribution in [0.2, 0.25) is 0 Å². The number of hydrogen-bond donors (Lipinski definition) is 0. The summed E-state index contributed by atoms with van der Waals surface area (Å²) >= 11 is 2.70. The first-order chi connectivity index (χ1) is 7.81. The van der Waals surface area contributed by atoms with Crippen molar-refractivity contribution in [1.82, 2.24) is 0 Å². The maximum Gasteiger partial charge on any atom is 0.417 e. The van der Waals surface area contributed by atoms with Crippen LogP contribution in [0.5, 0.6) is 0 Å². The summed E-state index contributed by atoms with van der Waals surface area (Å²) in [6.45, 7) is 0. The largest absolute Gasteiger partial charge is 0.417 e. The average molecular weight is 313 g/mol. The summed E-state index contributed by atoms with van der Waals surface area (Å²) in [6, 6.07) is 0.917. The minimum absolute atomic E-state index is 0.128. The molecule has 1 rings (SSSR count). The fourth-order valence-electron chi connectivity index (χ4n) is 1.33. The summed E-state index contributed by atoms with van der Waals surface area (Å²) in [5.41, 5.74) is -3.14. The maximum atomic E-state index is 13.0. The van der Waals surface area contributed by atoms with Crippen molar-refractivity contribution < 1.29 is 27.2 Å². The van der Waals surface area contributed by atoms with Crippen LogP contribution in [0.4, 0.5) is 17.6 Å². The van der Waals surface area contributed by atoms with Crippen molar-refractivity contribution in [3.63, 3.8) is 0 Å². The van der Waals surface area contributed by atoms with Crippen LogP contribution in [0, 0.1) is 5.82 Å². The van der Waals surface area contributed by atoms with Gasteiger partial charge in [-0.1, -0.05) is 15.9 Å². The molecule has 0 bridgehead atoms. The van der Waals surface area contributed by atoms with Crippen molar-refractivity contribution in [2.24, 2.45) is 0 Å². The maximum absolute atomic E-state index is 13.0. The Morgan fingerprint density at radius 3 is 2.35 bits per heavy atom. The molecule has 0 radical (unpaired) electrons. The molecule has 7 heteroatoms. The number of carbonyl (C=O) groups excluding carboxylic acids is 2. The Morgan fingerprint density at radius 2 is 1.94 bits per heavy atom. The molecule has 0 saturated carbocycles. The standard InChI is InChI=1S/C10H5BrF4O2/c11-3-8(17)7-2-6(12)1-5(4-16)9(7)10(13,14)15/h1-2,4H,3H2. The van der Waals surface area contributed by atoms with E-state index in [0.29, 0.717) is 12.1 Å². The SMILES string of the molecule is O=Cc1cc(F)cc(C(=O)CBr)c1C(F)(F)F. The summed E-state index contributed by atoms with van der Waals surface area (Å²) in [6.07, 6.45) is -5.02. The highest BCUT2D eigenvalue weighted by Gasteiger charge is 2.38. The molecule has 0 spiro atoms. The molecule has 0 unspecified atom stereocenters. The minimum Gasteiger partial charge on any atom is -0.298 e. The molecule has 0 fully saturated rings. The summed E-state index contributed by atoms with van der Waals surface area (Å²) < 4.78 is 51.0. The Bertz CT molecular complexity index is 468. The van der Waals surface area contributed by atoms with Gasteiger partial charge in [0, 0.05) is 11.1 Å². The Hall–Kier alpha value is -1.24. The average Bonchev–Trinajstić information content (AvgIpc) is 2.24. The summed E-state index contributed by atoms with van der Waals surface area (Å²) in [5.74, 6) is -2.01. The number of aldehydes is 1. The van der Waals surface area contributed by atoms with Gasteiger partial charge in [-0.25, -0.2) is 4.39 Å². The van der Waals surface area contributed by atoms with Gasteiger partial charge in [0.25, 0.3) is 0 Å². The quantitative estimate of drug-likeness (QED) is 0.372. The first kappa shape index (κ1) is 13.8. The number of Topliss-reactive ketones (excluding diaryl/α,β-unsaturated/α-hetero) is 1. The molecule has 0 aliphatic carbocycles. The van der Waals surface area contributed by atoms with Crippen LogP contribution in [0.25, 0.3) is 0 Å². The van der Waals surface area contributed by atoms with Crippen molar-refractivity contribution in [3.05, 3.63) is 34.6 Å². The highest BCUT2D eigenvalue weighted by Crippen LogP contribution is 2.35. The van der Waals surface area contributed by atoms with Crippen LogP contribution < -0.4 is 0 Å². The molecular weight excluding hydrogens is 308 g/mol. The molecule has 0 N–H and O–H groups in total. The lowest BCUT2D eigenvalue weighted by molar-refractivity contribution is -0.138. The molecule has 0 aliphatic heterocycles. The third-order valence-electron chi connectivity index (χ3n) is 1.97. The Morgan fingerprint density at radius 1 is 1.35 bits per heavy atom. The second-order valence-corrected chi connectivity index (χ2v) is 3.65. The van der Waals surface area contributed by atoms with E-state index >= 15 is 0 Å². The smallest absolute Gasteiger partial charge is 0.298 e. The van der Waals surface area contributed by atoms with Crippen molar-refractivity contribution in [3.8, 4) is 0 Å². The van der Waals surface area contributed by atoms with Crippen LogP contribution in [-0.2, 0) is 6.18 Å². The number of ketones is 1. The molecule has 0 saturated heterocycles. The Balaban J connectivity index is 3.61. The molecule has 1 aromatic rings. The highest BCUT2D eigenvalue weighted by atomic mass is 79.9. The van der Waals surface area contributed by atoms with Crippen molar-refractivity contribution in [2.45, 2.75) is 6.18 Å². The third-order valence-corrected chi connectivity index (χ3v) is 2.48. The van der Waals surface area contributed by atoms with E-state index in [2.05, 4.69) is 15.9 Å². The number of benzene rings is 1. The zero-order valence-corrected chi connectivity index (χ0v) is 9.73. The fourth-order valence-corrected chi connectivity index (χ4v) is 1.63. The van der Waals surface area contributed by atoms with Crippen molar-refractivity contribution in [1.29, 1.82) is 0 Å². The zero-order chi connectivity index (χ0) is 13.2. The molecule has 0 amide bonds. The van der Waals surface area contributed by atoms with Gasteiger partial charge in [-0.3, -0.25) is 9.59 Å². The van der Waals surface area contributed by atoms with E-state index in [1.165, 1.54) is 0 Å². The van der Waals surface area contributed by atoms with E-state index in [1.807, 2.05) is 0 Å². The summed E-state index contributed by atoms with van der Waals surface area (Å²) in [4.78, 5) is 21.8. The molecular formula is C10H5BrF4O2. The minimum atomic E-state index is -4.89. The van der Waals surface area contributed by atoms with Gasteiger partial charge in [-0.15, -0.1) is 0 Å². The summed E-state index contributed by atoms with van der Waals surface area (Å²) in [5, 5.41) is -0.391. The predicted molar refractivity (Wildman–Crippen MR) is 54.9 cm³/mol. The molecule has 17 heavy (non-hydrogen) atoms. The van der Waals surface area contributed by atoms with Gasteiger partial charge in [0.05, 0.1) is 10.9 Å². The molecule has 0 heterocycles. The second kappa shape index (κ2) is 4.95. The number of hydrogen-bond acceptors (Lipinski definition) is 2. The predicted octanol–water partition coefficient (Wildman–Crippen LogP) is 3.23. The molecule has 0 aromatic heterocycles. The Kier molecular flexibility index (Phi) is 4.03. The fraction of sp³-hybridized carbons (Fsp3) is 0.200. The van der Waals surface area contributed by atoms with Crippen molar-refractivity contribution in [2.75, 3.05) is 5.33 Å². The van der Waals surface area contributed by atoms with E-state index in [4.69, 9.17) is 0 Å². The lowest BCUT2D eigenvalue weighted by Crippen LogP contribution is -2.17. The lowest BCUT2D eigenvalue weighted by Gasteiger charge is -2.13. The normalized spacial score (nSPS) is 11.4. The lowest BCUT2D eigenvalue weighted by atomic mass is 9.98. The van der Waals surface area contributed by atoms with E-state index in [1.54, 1.807) is 0 Å². The molecule has 0 atom stereocenters. The number of carbonyl (C=O) groups is 2. The third kappa shape index (κ3) is 2.91. The van der Waals surface area contributed by atoms with E-state index in [9.17, 15) is 27.2 Å². The van der Waals surface area contributed by atoms with Crippen LogP contribution in [0.15, 0.2) is 12.1 Å². The first-order valence-electron chi connectivity index (χ1n) is 4.26. The molecule has 2 nitrogen and oxygen atoms in total. The molecule has 0 aliphatic rings. The van der Waals surface area contributed by atoms with Gasteiger partial charge in [0.2, 0.25) is 0 Å². The van der Waals surface area contributed by atoms with Crippen LogP contribution >= 0.6 is 15.9 Å². The molecule has 1 aromatic carbocycles. The van der Waals surface area contributed by atoms with Crippen molar-refractivity contribution >= 4 is 28.0 Å². The van der Waals surface area contributed by atoms with E-state index < -0.39 is 39.8 Å². The van der Waals surface area contributed by atoms with E-state index in [-0.39, 0.29) is 6.29 Å². The highest BCUT2D eigenvalue weighted by molar-refractivity contribution is 9.09. The van der Waals surface area contributed by atoms with Crippen LogP contribution in [-0.4, -0.2) is 17.4 Å². The number of rotatable bonds is 3. The van der Waals surface area contributed by atoms with Gasteiger partial charge in [0.1, 0.15) is 5.82 Å². The van der Waals surface area contributed by atoms with Gasteiger partial charge < -0.3 is 0 Å². The first-order valence-corrected chi connectivity index (χ1v) is 5.38. The zero-order valence-electron chi connectivity index (χ0n) is 8.15. The molecule has 92 valence electrons. The van der Waals surface area contributed by atoms with Crippen LogP contribution in [0.1, 0.15) is 26.3 Å². The Labute approximate surface area is 102 Å². The van der Waals surface area contributed by atoms with Crippen LogP contribution in [0.3, 0.4) is 0 Å². The second-order valence-electron chi connectivity index (χ2n) is 3.09. The van der Waals surface area contributed by atoms with E-state index in [0.717, 1.165) is 0 Å². The number of alkyl halides is 4. The topological polar surface area (TPSA) is 34.1 Å². The van der Waals surface area contributed by atoms with Gasteiger partial charge in [0.15, 0.2) is 12.1 Å². The van der Waals surface area contributed by atoms with Gasteiger partial charge >= 0.3 is 6.18 Å². The van der Waals surface area contributed by atoms with Gasteiger partial charge in [-0.2, -0.15) is 13.2 Å². The summed E-state index contributed by atoms with van der Waals surface area (Å²) in [7, 11) is 0. The monoisotopic (exact) mass is 312 g/mol.